The molecule has 1 atom stereocenters. The number of nitrogens with two attached hydrogens (primary N) is 1. The maximum atomic E-state index is 11.3. The second-order valence-corrected chi connectivity index (χ2v) is 6.56. The van der Waals surface area contributed by atoms with Crippen molar-refractivity contribution in [3.05, 3.63) is 24.3 Å². The number of sulfone groups is 1. The Kier molecular flexibility index (Phi) is 4.16. The number of hydrogen-bond donors (Lipinski definition) is 2. The highest BCUT2D eigenvalue weighted by molar-refractivity contribution is 7.90. The van der Waals surface area contributed by atoms with Crippen molar-refractivity contribution in [1.82, 2.24) is 0 Å². The average molecular weight is 256 g/mol. The number of anilines is 1. The first-order valence-corrected chi connectivity index (χ1v) is 7.48. The molecule has 0 aliphatic heterocycles. The molecule has 0 heterocycles. The van der Waals surface area contributed by atoms with Crippen molar-refractivity contribution in [2.75, 3.05) is 18.1 Å². The van der Waals surface area contributed by atoms with Crippen LogP contribution in [0, 0.1) is 0 Å². The maximum absolute atomic E-state index is 11.3. The van der Waals surface area contributed by atoms with Gasteiger partial charge in [0.1, 0.15) is 0 Å². The Bertz CT molecular complexity index is 462. The van der Waals surface area contributed by atoms with Crippen molar-refractivity contribution < 1.29 is 8.42 Å². The van der Waals surface area contributed by atoms with Crippen LogP contribution < -0.4 is 11.1 Å². The molecule has 5 heteroatoms. The minimum absolute atomic E-state index is 0.160. The van der Waals surface area contributed by atoms with Gasteiger partial charge in [-0.15, -0.1) is 0 Å². The van der Waals surface area contributed by atoms with Gasteiger partial charge in [0.15, 0.2) is 9.84 Å². The largest absolute Gasteiger partial charge is 0.379 e. The van der Waals surface area contributed by atoms with Gasteiger partial charge < -0.3 is 11.1 Å². The van der Waals surface area contributed by atoms with E-state index in [0.29, 0.717) is 11.4 Å². The molecule has 0 spiro atoms. The van der Waals surface area contributed by atoms with Crippen molar-refractivity contribution in [3.63, 3.8) is 0 Å². The molecular weight excluding hydrogens is 236 g/mol. The second-order valence-electron chi connectivity index (χ2n) is 4.54. The Morgan fingerprint density at radius 2 is 1.82 bits per heavy atom. The SMILES string of the molecule is CCC(C)(CN)Nc1ccc(S(C)(=O)=O)cc1. The van der Waals surface area contributed by atoms with Crippen LogP contribution in [0.25, 0.3) is 0 Å². The molecule has 0 saturated heterocycles. The standard InChI is InChI=1S/C12H20N2O2S/c1-4-12(2,9-13)14-10-5-7-11(8-6-10)17(3,15)16/h5-8,14H,4,9,13H2,1-3H3. The number of benzene rings is 1. The Morgan fingerprint density at radius 3 is 2.18 bits per heavy atom. The Balaban J connectivity index is 2.89. The fourth-order valence-electron chi connectivity index (χ4n) is 1.42. The summed E-state index contributed by atoms with van der Waals surface area (Å²) in [4.78, 5) is 0.328. The molecule has 1 rings (SSSR count). The lowest BCUT2D eigenvalue weighted by Crippen LogP contribution is -2.41. The predicted molar refractivity (Wildman–Crippen MR) is 70.9 cm³/mol. The molecule has 0 amide bonds. The van der Waals surface area contributed by atoms with Crippen molar-refractivity contribution in [1.29, 1.82) is 0 Å². The summed E-state index contributed by atoms with van der Waals surface area (Å²) < 4.78 is 22.6. The first-order chi connectivity index (χ1) is 7.80. The summed E-state index contributed by atoms with van der Waals surface area (Å²) in [6, 6.07) is 6.73. The molecule has 0 aliphatic carbocycles. The molecule has 1 unspecified atom stereocenters. The van der Waals surface area contributed by atoms with Gasteiger partial charge >= 0.3 is 0 Å². The molecule has 0 bridgehead atoms. The number of nitrogens with one attached hydrogen (secondary N) is 1. The highest BCUT2D eigenvalue weighted by Gasteiger charge is 2.19. The minimum Gasteiger partial charge on any atom is -0.379 e. The van der Waals surface area contributed by atoms with Crippen molar-refractivity contribution in [2.24, 2.45) is 5.73 Å². The van der Waals surface area contributed by atoms with Crippen LogP contribution in [0.1, 0.15) is 20.3 Å². The zero-order valence-electron chi connectivity index (χ0n) is 10.5. The smallest absolute Gasteiger partial charge is 0.175 e. The Morgan fingerprint density at radius 1 is 1.29 bits per heavy atom. The van der Waals surface area contributed by atoms with Gasteiger partial charge in [-0.3, -0.25) is 0 Å². The highest BCUT2D eigenvalue weighted by Crippen LogP contribution is 2.19. The van der Waals surface area contributed by atoms with Gasteiger partial charge in [-0.2, -0.15) is 0 Å². The minimum atomic E-state index is -3.13. The van der Waals surface area contributed by atoms with Crippen LogP contribution in [-0.4, -0.2) is 26.8 Å². The van der Waals surface area contributed by atoms with Gasteiger partial charge in [0.25, 0.3) is 0 Å². The molecule has 3 N–H and O–H groups in total. The third kappa shape index (κ3) is 3.71. The zero-order chi connectivity index (χ0) is 13.1. The van der Waals surface area contributed by atoms with E-state index in [0.717, 1.165) is 12.1 Å². The van der Waals surface area contributed by atoms with Gasteiger partial charge in [-0.25, -0.2) is 8.42 Å². The lowest BCUT2D eigenvalue weighted by molar-refractivity contribution is 0.506. The summed E-state index contributed by atoms with van der Waals surface area (Å²) >= 11 is 0. The van der Waals surface area contributed by atoms with Crippen LogP contribution in [0.2, 0.25) is 0 Å². The fraction of sp³-hybridized carbons (Fsp3) is 0.500. The fourth-order valence-corrected chi connectivity index (χ4v) is 2.05. The molecule has 1 aromatic carbocycles. The number of hydrogen-bond acceptors (Lipinski definition) is 4. The van der Waals surface area contributed by atoms with E-state index in [4.69, 9.17) is 5.73 Å². The highest BCUT2D eigenvalue weighted by atomic mass is 32.2. The summed E-state index contributed by atoms with van der Waals surface area (Å²) in [5.74, 6) is 0. The third-order valence-electron chi connectivity index (χ3n) is 2.96. The zero-order valence-corrected chi connectivity index (χ0v) is 11.3. The van der Waals surface area contributed by atoms with E-state index in [1.807, 2.05) is 6.92 Å². The molecule has 0 fully saturated rings. The molecule has 4 nitrogen and oxygen atoms in total. The molecule has 96 valence electrons. The molecule has 0 saturated carbocycles. The molecule has 1 aromatic rings. The van der Waals surface area contributed by atoms with Crippen LogP contribution in [-0.2, 0) is 9.84 Å². The molecular formula is C12H20N2O2S. The summed E-state index contributed by atoms with van der Waals surface area (Å²) in [5, 5.41) is 3.31. The average Bonchev–Trinajstić information content (AvgIpc) is 2.28. The van der Waals surface area contributed by atoms with Crippen molar-refractivity contribution in [3.8, 4) is 0 Å². The van der Waals surface area contributed by atoms with Crippen LogP contribution >= 0.6 is 0 Å². The lowest BCUT2D eigenvalue weighted by atomic mass is 9.99. The van der Waals surface area contributed by atoms with E-state index in [1.54, 1.807) is 24.3 Å². The monoisotopic (exact) mass is 256 g/mol. The van der Waals surface area contributed by atoms with Gasteiger partial charge in [-0.05, 0) is 37.6 Å². The van der Waals surface area contributed by atoms with E-state index in [1.165, 1.54) is 6.26 Å². The summed E-state index contributed by atoms with van der Waals surface area (Å²) in [6.07, 6.45) is 2.10. The van der Waals surface area contributed by atoms with Gasteiger partial charge in [0.05, 0.1) is 4.90 Å². The van der Waals surface area contributed by atoms with Crippen LogP contribution in [0.4, 0.5) is 5.69 Å². The van der Waals surface area contributed by atoms with E-state index in [-0.39, 0.29) is 5.54 Å². The summed E-state index contributed by atoms with van der Waals surface area (Å²) in [5.41, 5.74) is 6.43. The molecule has 17 heavy (non-hydrogen) atoms. The van der Waals surface area contributed by atoms with Gasteiger partial charge in [0.2, 0.25) is 0 Å². The molecule has 0 aromatic heterocycles. The van der Waals surface area contributed by atoms with Crippen LogP contribution in [0.5, 0.6) is 0 Å². The summed E-state index contributed by atoms with van der Waals surface area (Å²) in [6.45, 7) is 4.62. The predicted octanol–water partition coefficient (Wildman–Crippen LogP) is 1.63. The Labute approximate surface area is 103 Å². The molecule has 0 aliphatic rings. The number of rotatable bonds is 5. The summed E-state index contributed by atoms with van der Waals surface area (Å²) in [7, 11) is -3.13. The maximum Gasteiger partial charge on any atom is 0.175 e. The van der Waals surface area contributed by atoms with Crippen molar-refractivity contribution in [2.45, 2.75) is 30.7 Å². The normalized spacial score (nSPS) is 15.3. The van der Waals surface area contributed by atoms with Crippen molar-refractivity contribution >= 4 is 15.5 Å². The quantitative estimate of drug-likeness (QED) is 0.840. The lowest BCUT2D eigenvalue weighted by Gasteiger charge is -2.29. The third-order valence-corrected chi connectivity index (χ3v) is 4.09. The second kappa shape index (κ2) is 5.06. The van der Waals surface area contributed by atoms with Crippen LogP contribution in [0.15, 0.2) is 29.2 Å². The van der Waals surface area contributed by atoms with E-state index in [9.17, 15) is 8.42 Å². The van der Waals surface area contributed by atoms with E-state index < -0.39 is 9.84 Å². The van der Waals surface area contributed by atoms with Gasteiger partial charge in [0, 0.05) is 24.0 Å². The van der Waals surface area contributed by atoms with E-state index >= 15 is 0 Å². The van der Waals surface area contributed by atoms with E-state index in [2.05, 4.69) is 12.2 Å². The van der Waals surface area contributed by atoms with Gasteiger partial charge in [-0.1, -0.05) is 6.92 Å². The first kappa shape index (κ1) is 14.0. The first-order valence-electron chi connectivity index (χ1n) is 5.59. The topological polar surface area (TPSA) is 72.2 Å². The van der Waals surface area contributed by atoms with Crippen LogP contribution in [0.3, 0.4) is 0 Å². The molecule has 0 radical (unpaired) electrons. The Hall–Kier alpha value is -1.07.